The summed E-state index contributed by atoms with van der Waals surface area (Å²) in [5.41, 5.74) is 9.66. The van der Waals surface area contributed by atoms with Crippen LogP contribution in [0, 0.1) is 6.92 Å². The summed E-state index contributed by atoms with van der Waals surface area (Å²) >= 11 is 12.1. The zero-order valence-electron chi connectivity index (χ0n) is 11.3. The molecule has 3 rings (SSSR count). The molecule has 0 radical (unpaired) electrons. The zero-order chi connectivity index (χ0) is 15.0. The molecule has 2 N–H and O–H groups in total. The van der Waals surface area contributed by atoms with Gasteiger partial charge in [-0.3, -0.25) is 0 Å². The van der Waals surface area contributed by atoms with Crippen molar-refractivity contribution >= 4 is 29.0 Å². The van der Waals surface area contributed by atoms with Gasteiger partial charge in [-0.2, -0.15) is 5.10 Å². The Bertz CT molecular complexity index is 809. The quantitative estimate of drug-likeness (QED) is 0.742. The average Bonchev–Trinajstić information content (AvgIpc) is 2.80. The van der Waals surface area contributed by atoms with Crippen LogP contribution in [0.25, 0.3) is 16.9 Å². The van der Waals surface area contributed by atoms with E-state index in [1.807, 2.05) is 37.3 Å². The predicted molar refractivity (Wildman–Crippen MR) is 88.2 cm³/mol. The number of hydrogen-bond donors (Lipinski definition) is 1. The van der Waals surface area contributed by atoms with Gasteiger partial charge in [0.2, 0.25) is 0 Å². The highest BCUT2D eigenvalue weighted by atomic mass is 35.5. The Morgan fingerprint density at radius 3 is 2.57 bits per heavy atom. The molecule has 3 nitrogen and oxygen atoms in total. The fourth-order valence-corrected chi connectivity index (χ4v) is 2.70. The first kappa shape index (κ1) is 14.0. The van der Waals surface area contributed by atoms with E-state index in [2.05, 4.69) is 5.10 Å². The number of nitrogen functional groups attached to an aromatic ring is 1. The van der Waals surface area contributed by atoms with E-state index in [1.54, 1.807) is 22.9 Å². The molecule has 1 aromatic heterocycles. The third-order valence-electron chi connectivity index (χ3n) is 3.19. The molecular weight excluding hydrogens is 305 g/mol. The summed E-state index contributed by atoms with van der Waals surface area (Å²) in [5.74, 6) is 0.557. The number of benzene rings is 2. The second-order valence-corrected chi connectivity index (χ2v) is 5.67. The molecule has 0 aliphatic heterocycles. The lowest BCUT2D eigenvalue weighted by molar-refractivity contribution is 0.894. The minimum atomic E-state index is 0.552. The molecule has 0 saturated carbocycles. The molecule has 0 saturated heterocycles. The van der Waals surface area contributed by atoms with E-state index >= 15 is 0 Å². The molecule has 0 unspecified atom stereocenters. The van der Waals surface area contributed by atoms with Gasteiger partial charge in [0.1, 0.15) is 5.82 Å². The van der Waals surface area contributed by atoms with Gasteiger partial charge in [0, 0.05) is 16.7 Å². The van der Waals surface area contributed by atoms with E-state index in [1.165, 1.54) is 0 Å². The largest absolute Gasteiger partial charge is 0.384 e. The molecule has 0 spiro atoms. The molecule has 3 aromatic rings. The Balaban J connectivity index is 2.09. The van der Waals surface area contributed by atoms with Crippen LogP contribution in [0.1, 0.15) is 5.56 Å². The summed E-state index contributed by atoms with van der Waals surface area (Å²) in [5, 5.41) is 5.69. The first-order valence-corrected chi connectivity index (χ1v) is 7.18. The number of aromatic nitrogens is 2. The van der Waals surface area contributed by atoms with Gasteiger partial charge in [0.05, 0.1) is 16.4 Å². The molecule has 21 heavy (non-hydrogen) atoms. The van der Waals surface area contributed by atoms with Crippen molar-refractivity contribution in [2.24, 2.45) is 0 Å². The van der Waals surface area contributed by atoms with Crippen molar-refractivity contribution in [3.05, 3.63) is 64.1 Å². The number of nitrogens with zero attached hydrogens (tertiary/aromatic N) is 2. The van der Waals surface area contributed by atoms with Crippen LogP contribution in [0.3, 0.4) is 0 Å². The highest BCUT2D eigenvalue weighted by Gasteiger charge is 2.12. The summed E-state index contributed by atoms with van der Waals surface area (Å²) in [4.78, 5) is 0. The first-order valence-electron chi connectivity index (χ1n) is 6.42. The maximum Gasteiger partial charge on any atom is 0.127 e. The van der Waals surface area contributed by atoms with Crippen LogP contribution in [-0.2, 0) is 0 Å². The topological polar surface area (TPSA) is 43.8 Å². The van der Waals surface area contributed by atoms with Gasteiger partial charge in [-0.05, 0) is 42.8 Å². The number of halogens is 2. The second kappa shape index (κ2) is 5.43. The van der Waals surface area contributed by atoms with E-state index in [-0.39, 0.29) is 0 Å². The van der Waals surface area contributed by atoms with E-state index in [0.29, 0.717) is 15.9 Å². The van der Waals surface area contributed by atoms with E-state index in [4.69, 9.17) is 28.9 Å². The molecule has 1 heterocycles. The molecule has 106 valence electrons. The van der Waals surface area contributed by atoms with Crippen molar-refractivity contribution < 1.29 is 0 Å². The lowest BCUT2D eigenvalue weighted by Crippen LogP contribution is -2.01. The number of aryl methyl sites for hydroxylation is 1. The van der Waals surface area contributed by atoms with Crippen molar-refractivity contribution in [2.45, 2.75) is 6.92 Å². The smallest absolute Gasteiger partial charge is 0.127 e. The van der Waals surface area contributed by atoms with Crippen LogP contribution in [0.5, 0.6) is 0 Å². The van der Waals surface area contributed by atoms with Gasteiger partial charge >= 0.3 is 0 Å². The van der Waals surface area contributed by atoms with Crippen molar-refractivity contribution in [1.29, 1.82) is 0 Å². The lowest BCUT2D eigenvalue weighted by atomic mass is 10.1. The van der Waals surface area contributed by atoms with Gasteiger partial charge in [0.15, 0.2) is 0 Å². The normalized spacial score (nSPS) is 10.8. The maximum absolute atomic E-state index is 6.22. The monoisotopic (exact) mass is 317 g/mol. The van der Waals surface area contributed by atoms with Crippen molar-refractivity contribution in [3.8, 4) is 16.9 Å². The van der Waals surface area contributed by atoms with Gasteiger partial charge in [-0.15, -0.1) is 0 Å². The zero-order valence-corrected chi connectivity index (χ0v) is 12.9. The summed E-state index contributed by atoms with van der Waals surface area (Å²) in [6, 6.07) is 15.1. The average molecular weight is 318 g/mol. The molecule has 0 fully saturated rings. The Kier molecular flexibility index (Phi) is 3.62. The second-order valence-electron chi connectivity index (χ2n) is 4.83. The van der Waals surface area contributed by atoms with E-state index in [0.717, 1.165) is 22.5 Å². The SMILES string of the molecule is Cc1cccc(-n2nc(-c3ccc(Cl)cc3Cl)cc2N)c1. The highest BCUT2D eigenvalue weighted by Crippen LogP contribution is 2.31. The van der Waals surface area contributed by atoms with Gasteiger partial charge in [-0.1, -0.05) is 35.3 Å². The molecule has 0 atom stereocenters. The van der Waals surface area contributed by atoms with Crippen LogP contribution >= 0.6 is 23.2 Å². The molecule has 2 aromatic carbocycles. The van der Waals surface area contributed by atoms with Gasteiger partial charge in [-0.25, -0.2) is 4.68 Å². The maximum atomic E-state index is 6.22. The highest BCUT2D eigenvalue weighted by molar-refractivity contribution is 6.36. The summed E-state index contributed by atoms with van der Waals surface area (Å²) in [6.45, 7) is 2.03. The van der Waals surface area contributed by atoms with E-state index < -0.39 is 0 Å². The summed E-state index contributed by atoms with van der Waals surface area (Å²) in [7, 11) is 0. The minimum absolute atomic E-state index is 0.552. The molecule has 5 heteroatoms. The van der Waals surface area contributed by atoms with Gasteiger partial charge in [0.25, 0.3) is 0 Å². The summed E-state index contributed by atoms with van der Waals surface area (Å²) < 4.78 is 1.70. The minimum Gasteiger partial charge on any atom is -0.384 e. The Labute approximate surface area is 132 Å². The molecule has 0 amide bonds. The molecule has 0 bridgehead atoms. The van der Waals surface area contributed by atoms with Crippen LogP contribution in [0.2, 0.25) is 10.0 Å². The Morgan fingerprint density at radius 1 is 1.05 bits per heavy atom. The number of anilines is 1. The third kappa shape index (κ3) is 2.75. The number of rotatable bonds is 2. The molecular formula is C16H13Cl2N3. The first-order chi connectivity index (χ1) is 10.0. The van der Waals surface area contributed by atoms with Gasteiger partial charge < -0.3 is 5.73 Å². The van der Waals surface area contributed by atoms with Crippen LogP contribution in [0.4, 0.5) is 5.82 Å². The third-order valence-corrected chi connectivity index (χ3v) is 3.74. The Morgan fingerprint density at radius 2 is 1.86 bits per heavy atom. The van der Waals surface area contributed by atoms with Crippen LogP contribution in [0.15, 0.2) is 48.5 Å². The lowest BCUT2D eigenvalue weighted by Gasteiger charge is -2.05. The van der Waals surface area contributed by atoms with Crippen molar-refractivity contribution in [3.63, 3.8) is 0 Å². The fraction of sp³-hybridized carbons (Fsp3) is 0.0625. The van der Waals surface area contributed by atoms with Crippen molar-refractivity contribution in [1.82, 2.24) is 9.78 Å². The van der Waals surface area contributed by atoms with Crippen molar-refractivity contribution in [2.75, 3.05) is 5.73 Å². The molecule has 0 aliphatic carbocycles. The molecule has 0 aliphatic rings. The van der Waals surface area contributed by atoms with E-state index in [9.17, 15) is 0 Å². The Hall–Kier alpha value is -1.97. The summed E-state index contributed by atoms with van der Waals surface area (Å²) in [6.07, 6.45) is 0. The van der Waals surface area contributed by atoms with Crippen LogP contribution < -0.4 is 5.73 Å². The standard InChI is InChI=1S/C16H13Cl2N3/c1-10-3-2-4-12(7-10)21-16(19)9-15(20-21)13-6-5-11(17)8-14(13)18/h2-9H,19H2,1H3. The fourth-order valence-electron chi connectivity index (χ4n) is 2.19. The number of hydrogen-bond acceptors (Lipinski definition) is 2. The number of nitrogens with two attached hydrogens (primary N) is 1. The predicted octanol–water partition coefficient (Wildman–Crippen LogP) is 4.74. The van der Waals surface area contributed by atoms with Crippen LogP contribution in [-0.4, -0.2) is 9.78 Å².